The number of aliphatic carboxylic acids is 1. The van der Waals surface area contributed by atoms with Crippen molar-refractivity contribution in [3.8, 4) is 28.7 Å². The number of carbonyl (C=O) groups is 2. The van der Waals surface area contributed by atoms with Gasteiger partial charge in [-0.15, -0.1) is 0 Å². The van der Waals surface area contributed by atoms with Crippen LogP contribution in [0.1, 0.15) is 46.7 Å². The predicted molar refractivity (Wildman–Crippen MR) is 159 cm³/mol. The Morgan fingerprint density at radius 2 is 1.49 bits per heavy atom. The van der Waals surface area contributed by atoms with E-state index in [2.05, 4.69) is 0 Å². The third-order valence-corrected chi connectivity index (χ3v) is 7.51. The third-order valence-electron chi connectivity index (χ3n) is 6.73. The van der Waals surface area contributed by atoms with Crippen LogP contribution in [0.2, 0.25) is 15.1 Å². The fraction of sp³-hybridized carbons (Fsp3) is 0.188. The van der Waals surface area contributed by atoms with Crippen LogP contribution in [-0.4, -0.2) is 23.5 Å². The molecule has 0 fully saturated rings. The minimum Gasteiger partial charge on any atom is -0.493 e. The van der Waals surface area contributed by atoms with Crippen molar-refractivity contribution in [2.24, 2.45) is 0 Å². The topological polar surface area (TPSA) is 82.1 Å². The number of fused-ring (bicyclic) bond motifs is 1. The molecule has 4 aromatic rings. The molecule has 1 aliphatic heterocycles. The molecule has 1 aliphatic rings. The molecular weight excluding hydrogens is 587 g/mol. The van der Waals surface area contributed by atoms with E-state index in [9.17, 15) is 14.7 Å². The second-order valence-electron chi connectivity index (χ2n) is 9.56. The highest BCUT2D eigenvalue weighted by Crippen LogP contribution is 2.42. The van der Waals surface area contributed by atoms with Crippen molar-refractivity contribution >= 4 is 46.6 Å². The molecule has 0 radical (unpaired) electrons. The lowest BCUT2D eigenvalue weighted by molar-refractivity contribution is -0.139. The van der Waals surface area contributed by atoms with E-state index in [1.54, 1.807) is 72.8 Å². The Morgan fingerprint density at radius 1 is 0.829 bits per heavy atom. The number of halogens is 3. The van der Waals surface area contributed by atoms with E-state index in [1.165, 1.54) is 0 Å². The largest absolute Gasteiger partial charge is 0.493 e. The van der Waals surface area contributed by atoms with Crippen LogP contribution < -0.4 is 14.2 Å². The van der Waals surface area contributed by atoms with Gasteiger partial charge in [-0.2, -0.15) is 0 Å². The van der Waals surface area contributed by atoms with Crippen molar-refractivity contribution in [2.75, 3.05) is 6.61 Å². The number of Topliss-reactive ketones (excluding diaryl/α,β-unsaturated/α-hetero) is 1. The van der Waals surface area contributed by atoms with E-state index in [4.69, 9.17) is 49.0 Å². The Morgan fingerprint density at radius 3 is 2.20 bits per heavy atom. The smallest absolute Gasteiger partial charge is 0.311 e. The number of hydrogen-bond donors (Lipinski definition) is 1. The second-order valence-corrected chi connectivity index (χ2v) is 10.8. The van der Waals surface area contributed by atoms with Gasteiger partial charge in [0.1, 0.15) is 28.7 Å². The number of rotatable bonds is 10. The minimum absolute atomic E-state index is 0.00519. The van der Waals surface area contributed by atoms with E-state index in [0.717, 1.165) is 5.56 Å². The van der Waals surface area contributed by atoms with Gasteiger partial charge in [0.05, 0.1) is 17.5 Å². The first-order valence-corrected chi connectivity index (χ1v) is 14.1. The maximum absolute atomic E-state index is 12.9. The van der Waals surface area contributed by atoms with Crippen molar-refractivity contribution < 1.29 is 28.9 Å². The number of carbonyl (C=O) groups excluding carboxylic acids is 1. The Kier molecular flexibility index (Phi) is 9.03. The predicted octanol–water partition coefficient (Wildman–Crippen LogP) is 9.39. The lowest BCUT2D eigenvalue weighted by Gasteiger charge is -2.24. The zero-order valence-electron chi connectivity index (χ0n) is 21.7. The maximum atomic E-state index is 12.9. The summed E-state index contributed by atoms with van der Waals surface area (Å²) in [6.45, 7) is 0.302. The van der Waals surface area contributed by atoms with Gasteiger partial charge in [-0.3, -0.25) is 9.59 Å². The van der Waals surface area contributed by atoms with Gasteiger partial charge >= 0.3 is 5.97 Å². The number of carboxylic acids is 1. The first kappa shape index (κ1) is 28.8. The van der Waals surface area contributed by atoms with E-state index >= 15 is 0 Å². The molecule has 1 N–H and O–H groups in total. The molecule has 1 unspecified atom stereocenters. The van der Waals surface area contributed by atoms with Crippen molar-refractivity contribution in [3.05, 3.63) is 111 Å². The van der Waals surface area contributed by atoms with Crippen LogP contribution in [-0.2, 0) is 11.2 Å². The van der Waals surface area contributed by atoms with E-state index in [-0.39, 0.29) is 10.8 Å². The van der Waals surface area contributed by atoms with Gasteiger partial charge in [0.2, 0.25) is 0 Å². The van der Waals surface area contributed by atoms with Gasteiger partial charge in [-0.05, 0) is 91.6 Å². The molecule has 41 heavy (non-hydrogen) atoms. The summed E-state index contributed by atoms with van der Waals surface area (Å²) in [4.78, 5) is 24.4. The maximum Gasteiger partial charge on any atom is 0.311 e. The van der Waals surface area contributed by atoms with Gasteiger partial charge < -0.3 is 19.3 Å². The van der Waals surface area contributed by atoms with Crippen molar-refractivity contribution in [2.45, 2.75) is 31.6 Å². The first-order chi connectivity index (χ1) is 19.8. The second kappa shape index (κ2) is 12.9. The molecule has 6 nitrogen and oxygen atoms in total. The molecule has 210 valence electrons. The van der Waals surface area contributed by atoms with Gasteiger partial charge in [-0.25, -0.2) is 0 Å². The van der Waals surface area contributed by atoms with Crippen LogP contribution in [0.4, 0.5) is 0 Å². The molecule has 0 saturated heterocycles. The summed E-state index contributed by atoms with van der Waals surface area (Å²) in [7, 11) is 0. The molecule has 0 aliphatic carbocycles. The minimum atomic E-state index is -0.917. The summed E-state index contributed by atoms with van der Waals surface area (Å²) in [5.41, 5.74) is 2.04. The number of benzene rings is 4. The van der Waals surface area contributed by atoms with Gasteiger partial charge in [0.25, 0.3) is 0 Å². The van der Waals surface area contributed by atoms with E-state index in [1.807, 2.05) is 6.07 Å². The van der Waals surface area contributed by atoms with E-state index < -0.39 is 11.9 Å². The fourth-order valence-corrected chi connectivity index (χ4v) is 5.10. The molecule has 0 amide bonds. The van der Waals surface area contributed by atoms with Gasteiger partial charge in [0, 0.05) is 33.7 Å². The molecule has 1 atom stereocenters. The molecular formula is C32H25Cl3O6. The summed E-state index contributed by atoms with van der Waals surface area (Å²) in [6.07, 6.45) is 1.99. The average Bonchev–Trinajstić information content (AvgIpc) is 2.95. The van der Waals surface area contributed by atoms with Crippen LogP contribution in [0.25, 0.3) is 0 Å². The fourth-order valence-electron chi connectivity index (χ4n) is 4.60. The van der Waals surface area contributed by atoms with Crippen LogP contribution in [0.15, 0.2) is 78.9 Å². The standard InChI is InChI=1S/C32H25Cl3O6/c33-21-8-12-24(13-9-21)40-29-16-22(34)7-4-20(29)2-1-3-28(36)19-5-10-23(11-6-19)41-31-18-30-26(17-27(31)35)25(32(37)38)14-15-39-30/h4-13,16-18,25H,1-3,14-15H2,(H,37,38). The summed E-state index contributed by atoms with van der Waals surface area (Å²) < 4.78 is 17.6. The molecule has 0 spiro atoms. The average molecular weight is 612 g/mol. The van der Waals surface area contributed by atoms with Crippen molar-refractivity contribution in [3.63, 3.8) is 0 Å². The Balaban J connectivity index is 1.19. The normalized spacial score (nSPS) is 14.1. The Hall–Kier alpha value is -3.71. The molecule has 4 aromatic carbocycles. The number of ether oxygens (including phenoxy) is 3. The molecule has 1 heterocycles. The monoisotopic (exact) mass is 610 g/mol. The number of ketones is 1. The van der Waals surface area contributed by atoms with Crippen LogP contribution in [0, 0.1) is 0 Å². The van der Waals surface area contributed by atoms with Crippen LogP contribution in [0.3, 0.4) is 0 Å². The summed E-state index contributed by atoms with van der Waals surface area (Å²) in [5.74, 6) is 0.970. The van der Waals surface area contributed by atoms with Gasteiger partial charge in [0.15, 0.2) is 5.78 Å². The van der Waals surface area contributed by atoms with Crippen LogP contribution >= 0.6 is 34.8 Å². The Bertz CT molecular complexity index is 1570. The molecule has 0 aromatic heterocycles. The summed E-state index contributed by atoms with van der Waals surface area (Å²) in [5, 5.41) is 10.9. The Labute approximate surface area is 252 Å². The molecule has 0 saturated carbocycles. The van der Waals surface area contributed by atoms with Gasteiger partial charge in [-0.1, -0.05) is 40.9 Å². The van der Waals surface area contributed by atoms with E-state index in [0.29, 0.717) is 82.2 Å². The number of carboxylic acid groups (broad SMARTS) is 1. The zero-order valence-corrected chi connectivity index (χ0v) is 24.0. The lowest BCUT2D eigenvalue weighted by Crippen LogP contribution is -2.20. The highest BCUT2D eigenvalue weighted by atomic mass is 35.5. The molecule has 5 rings (SSSR count). The highest BCUT2D eigenvalue weighted by molar-refractivity contribution is 6.32. The highest BCUT2D eigenvalue weighted by Gasteiger charge is 2.29. The number of hydrogen-bond acceptors (Lipinski definition) is 5. The van der Waals surface area contributed by atoms with Crippen molar-refractivity contribution in [1.82, 2.24) is 0 Å². The summed E-state index contributed by atoms with van der Waals surface area (Å²) >= 11 is 18.6. The molecule has 9 heteroatoms. The first-order valence-electron chi connectivity index (χ1n) is 13.0. The zero-order chi connectivity index (χ0) is 28.9. The number of aryl methyl sites for hydroxylation is 1. The van der Waals surface area contributed by atoms with Crippen molar-refractivity contribution in [1.29, 1.82) is 0 Å². The lowest BCUT2D eigenvalue weighted by atomic mass is 9.93. The van der Waals surface area contributed by atoms with Crippen LogP contribution in [0.5, 0.6) is 28.7 Å². The SMILES string of the molecule is O=C(CCCc1ccc(Cl)cc1Oc1ccc(Cl)cc1)c1ccc(Oc2cc3c(cc2Cl)C(C(=O)O)CCO3)cc1. The summed E-state index contributed by atoms with van der Waals surface area (Å²) in [6, 6.07) is 22.5. The molecule has 0 bridgehead atoms. The third kappa shape index (κ3) is 7.14. The quantitative estimate of drug-likeness (QED) is 0.180.